The second kappa shape index (κ2) is 15.5. The van der Waals surface area contributed by atoms with Crippen molar-refractivity contribution in [2.75, 3.05) is 40.1 Å². The molecule has 0 saturated heterocycles. The van der Waals surface area contributed by atoms with Crippen LogP contribution in [0.5, 0.6) is 17.2 Å². The van der Waals surface area contributed by atoms with E-state index in [1.807, 2.05) is 13.8 Å². The predicted octanol–water partition coefficient (Wildman–Crippen LogP) is 3.95. The van der Waals surface area contributed by atoms with Crippen molar-refractivity contribution in [2.45, 2.75) is 50.5 Å². The van der Waals surface area contributed by atoms with E-state index in [2.05, 4.69) is 5.32 Å². The molecule has 0 spiro atoms. The number of benzene rings is 2. The van der Waals surface area contributed by atoms with Crippen LogP contribution in [0.2, 0.25) is 0 Å². The van der Waals surface area contributed by atoms with Crippen LogP contribution in [-0.2, 0) is 21.2 Å². The number of hydroxylamine groups is 2. The molecule has 0 aromatic heterocycles. The van der Waals surface area contributed by atoms with E-state index in [1.54, 1.807) is 30.3 Å². The normalized spacial score (nSPS) is 13.2. The first-order valence-electron chi connectivity index (χ1n) is 13.7. The molecule has 1 atom stereocenters. The van der Waals surface area contributed by atoms with Gasteiger partial charge in [0.25, 0.3) is 0 Å². The molecule has 3 N–H and O–H groups in total. The molecule has 1 aliphatic rings. The highest BCUT2D eigenvalue weighted by molar-refractivity contribution is 7.89. The molecule has 14 heteroatoms. The van der Waals surface area contributed by atoms with Crippen LogP contribution < -0.4 is 19.5 Å². The second-order valence-electron chi connectivity index (χ2n) is 10.1. The van der Waals surface area contributed by atoms with Gasteiger partial charge in [0.05, 0.1) is 24.2 Å². The Bertz CT molecular complexity index is 1290. The molecule has 42 heavy (non-hydrogen) atoms. The van der Waals surface area contributed by atoms with Crippen molar-refractivity contribution in [3.8, 4) is 17.2 Å². The second-order valence-corrected chi connectivity index (χ2v) is 12.1. The van der Waals surface area contributed by atoms with Gasteiger partial charge in [-0.25, -0.2) is 18.0 Å². The number of hydrogen-bond donors (Lipinski definition) is 3. The lowest BCUT2D eigenvalue weighted by atomic mass is 10.0. The predicted molar refractivity (Wildman–Crippen MR) is 151 cm³/mol. The fourth-order valence-corrected chi connectivity index (χ4v) is 5.92. The smallest absolute Gasteiger partial charge is 0.431 e. The van der Waals surface area contributed by atoms with E-state index in [4.69, 9.17) is 18.9 Å². The summed E-state index contributed by atoms with van der Waals surface area (Å²) in [7, 11) is -2.46. The number of sulfonamides is 1. The number of alkyl carbamates (subject to hydrolysis) is 1. The molecule has 1 heterocycles. The first kappa shape index (κ1) is 32.8. The average molecular weight is 610 g/mol. The number of amides is 2. The van der Waals surface area contributed by atoms with Gasteiger partial charge in [0.2, 0.25) is 16.8 Å². The van der Waals surface area contributed by atoms with Crippen LogP contribution in [0.15, 0.2) is 47.4 Å². The molecule has 3 rings (SSSR count). The van der Waals surface area contributed by atoms with Crippen molar-refractivity contribution >= 4 is 22.2 Å². The summed E-state index contributed by atoms with van der Waals surface area (Å²) < 4.78 is 49.7. The number of carbonyl (C=O) groups excluding carboxylic acids is 1. The lowest BCUT2D eigenvalue weighted by molar-refractivity contribution is -0.0984. The Morgan fingerprint density at radius 2 is 1.74 bits per heavy atom. The topological polar surface area (TPSA) is 164 Å². The number of unbranched alkanes of at least 4 members (excludes halogenated alkanes) is 1. The van der Waals surface area contributed by atoms with Crippen LogP contribution in [-0.4, -0.2) is 86.5 Å². The monoisotopic (exact) mass is 609 g/mol. The minimum absolute atomic E-state index is 0.00662. The van der Waals surface area contributed by atoms with Crippen LogP contribution in [0.25, 0.3) is 0 Å². The maximum atomic E-state index is 13.6. The molecular formula is C28H39N3O10S. The molecular weight excluding hydrogens is 570 g/mol. The lowest BCUT2D eigenvalue weighted by Gasteiger charge is -2.28. The van der Waals surface area contributed by atoms with Gasteiger partial charge in [0, 0.05) is 26.2 Å². The number of hydrogen-bond acceptors (Lipinski definition) is 9. The van der Waals surface area contributed by atoms with Crippen LogP contribution in [0.1, 0.15) is 38.7 Å². The van der Waals surface area contributed by atoms with E-state index < -0.39 is 28.3 Å². The van der Waals surface area contributed by atoms with Gasteiger partial charge in [-0.3, -0.25) is 5.21 Å². The van der Waals surface area contributed by atoms with E-state index in [0.29, 0.717) is 36.7 Å². The summed E-state index contributed by atoms with van der Waals surface area (Å²) in [5.74, 6) is 1.41. The molecule has 0 saturated carbocycles. The molecule has 0 radical (unpaired) electrons. The molecule has 13 nitrogen and oxygen atoms in total. The minimum Gasteiger partial charge on any atom is -0.494 e. The zero-order valence-electron chi connectivity index (χ0n) is 24.0. The molecule has 0 aliphatic carbocycles. The van der Waals surface area contributed by atoms with Gasteiger partial charge in [-0.2, -0.15) is 9.37 Å². The van der Waals surface area contributed by atoms with Crippen LogP contribution in [0.4, 0.5) is 9.59 Å². The van der Waals surface area contributed by atoms with Gasteiger partial charge < -0.3 is 29.4 Å². The Morgan fingerprint density at radius 1 is 1.05 bits per heavy atom. The Labute approximate surface area is 245 Å². The molecule has 2 amide bonds. The number of nitrogens with one attached hydrogen (secondary N) is 1. The highest BCUT2D eigenvalue weighted by Gasteiger charge is 2.30. The van der Waals surface area contributed by atoms with Gasteiger partial charge in [0.1, 0.15) is 5.75 Å². The maximum absolute atomic E-state index is 13.6. The summed E-state index contributed by atoms with van der Waals surface area (Å²) in [6.45, 7) is 4.68. The Hall–Kier alpha value is -3.75. The number of rotatable bonds is 16. The van der Waals surface area contributed by atoms with Crippen molar-refractivity contribution < 1.29 is 47.3 Å². The molecule has 2 aromatic carbocycles. The van der Waals surface area contributed by atoms with E-state index in [1.165, 1.54) is 23.5 Å². The molecule has 232 valence electrons. The summed E-state index contributed by atoms with van der Waals surface area (Å²) in [6.07, 6.45) is -0.481. The SMILES string of the molecule is CNC(=O)OCCCCOc1ccc(CC(CCN(CC(C)C)S(=O)(=O)c2ccc3c(c2)OCO3)N(O)C(=O)O)cc1. The summed E-state index contributed by atoms with van der Waals surface area (Å²) in [6, 6.07) is 10.5. The first-order valence-corrected chi connectivity index (χ1v) is 15.1. The van der Waals surface area contributed by atoms with Crippen molar-refractivity contribution in [3.05, 3.63) is 48.0 Å². The van der Waals surface area contributed by atoms with E-state index in [9.17, 15) is 28.3 Å². The lowest BCUT2D eigenvalue weighted by Crippen LogP contribution is -2.42. The Kier molecular flexibility index (Phi) is 12.1. The fourth-order valence-electron chi connectivity index (χ4n) is 4.29. The third-order valence-electron chi connectivity index (χ3n) is 6.44. The molecule has 0 fully saturated rings. The summed E-state index contributed by atoms with van der Waals surface area (Å²) >= 11 is 0. The number of carbonyl (C=O) groups is 2. The quantitative estimate of drug-likeness (QED) is 0.144. The molecule has 1 aliphatic heterocycles. The molecule has 2 aromatic rings. The minimum atomic E-state index is -3.95. The summed E-state index contributed by atoms with van der Waals surface area (Å²) in [5, 5.41) is 22.4. The van der Waals surface area contributed by atoms with Gasteiger partial charge in [-0.05, 0) is 61.4 Å². The third kappa shape index (κ3) is 9.39. The van der Waals surface area contributed by atoms with E-state index in [-0.39, 0.29) is 55.2 Å². The van der Waals surface area contributed by atoms with E-state index >= 15 is 0 Å². The van der Waals surface area contributed by atoms with Crippen molar-refractivity contribution in [1.29, 1.82) is 0 Å². The number of ether oxygens (including phenoxy) is 4. The van der Waals surface area contributed by atoms with E-state index in [0.717, 1.165) is 5.56 Å². The average Bonchev–Trinajstić information content (AvgIpc) is 3.44. The Balaban J connectivity index is 1.63. The summed E-state index contributed by atoms with van der Waals surface area (Å²) in [4.78, 5) is 22.7. The maximum Gasteiger partial charge on any atom is 0.431 e. The molecule has 0 bridgehead atoms. The van der Waals surface area contributed by atoms with Gasteiger partial charge in [-0.15, -0.1) is 0 Å². The van der Waals surface area contributed by atoms with Crippen LogP contribution >= 0.6 is 0 Å². The van der Waals surface area contributed by atoms with Crippen molar-refractivity contribution in [1.82, 2.24) is 14.7 Å². The van der Waals surface area contributed by atoms with Gasteiger partial charge in [-0.1, -0.05) is 26.0 Å². The highest BCUT2D eigenvalue weighted by atomic mass is 32.2. The largest absolute Gasteiger partial charge is 0.494 e. The Morgan fingerprint density at radius 3 is 2.40 bits per heavy atom. The molecule has 1 unspecified atom stereocenters. The zero-order valence-corrected chi connectivity index (χ0v) is 24.8. The fraction of sp³-hybridized carbons (Fsp3) is 0.500. The standard InChI is InChI=1S/C28H39N3O10S/c1-20(2)18-30(42(36,37)24-10-11-25-26(17-24)41-19-40-25)13-12-22(31(35)28(33)34)16-21-6-8-23(9-7-21)38-14-4-5-15-39-27(32)29-3/h6-11,17,20,22,35H,4-5,12-16,18-19H2,1-3H3,(H,29,32)(H,33,34). The van der Waals surface area contributed by atoms with Gasteiger partial charge >= 0.3 is 12.2 Å². The number of fused-ring (bicyclic) bond motifs is 1. The third-order valence-corrected chi connectivity index (χ3v) is 8.30. The summed E-state index contributed by atoms with van der Waals surface area (Å²) in [5.41, 5.74) is 0.737. The van der Waals surface area contributed by atoms with Crippen molar-refractivity contribution in [2.24, 2.45) is 5.92 Å². The van der Waals surface area contributed by atoms with Gasteiger partial charge in [0.15, 0.2) is 11.5 Å². The number of carboxylic acid groups (broad SMARTS) is 1. The first-order chi connectivity index (χ1) is 20.0. The van der Waals surface area contributed by atoms with Crippen LogP contribution in [0.3, 0.4) is 0 Å². The highest BCUT2D eigenvalue weighted by Crippen LogP contribution is 2.35. The van der Waals surface area contributed by atoms with Crippen molar-refractivity contribution in [3.63, 3.8) is 0 Å². The van der Waals surface area contributed by atoms with Crippen LogP contribution in [0, 0.1) is 5.92 Å². The zero-order chi connectivity index (χ0) is 30.7. The number of nitrogens with zero attached hydrogens (tertiary/aromatic N) is 2.